The zero-order valence-electron chi connectivity index (χ0n) is 33.2. The summed E-state index contributed by atoms with van der Waals surface area (Å²) >= 11 is 0. The standard InChI is InChI=1S/C40H53N7O10S/c1-39(2,3)57-37(51)42-32-11-8-6-4-5-7-10-28-22-40(28,36(50)44-58(53,54)31-14-15-31)43-34(48)33-21-30(25-47(33)35(32)49)56-38(52)45-23-26-12-13-29(20-27(26)24-45)55-19-18-46-17-9-16-41-46/h7,9-10,12-13,16-17,20,28,30-33H,4-6,8,11,14-15,18-19,21-25H2,1-3H3,(H,42,51)(H,43,48)(H,44,50)/b10-7-/t28-,30-,32+,33?,40-/m1/s1. The molecular formula is C40H53N7O10S. The Labute approximate surface area is 338 Å². The highest BCUT2D eigenvalue weighted by atomic mass is 32.2. The van der Waals surface area contributed by atoms with E-state index in [2.05, 4.69) is 20.5 Å². The van der Waals surface area contributed by atoms with Crippen molar-refractivity contribution < 1.29 is 46.6 Å². The second-order valence-electron chi connectivity index (χ2n) is 16.9. The number of benzene rings is 1. The number of amides is 5. The molecule has 2 aliphatic carbocycles. The molecule has 18 heteroatoms. The third-order valence-electron chi connectivity index (χ3n) is 11.1. The van der Waals surface area contributed by atoms with E-state index in [9.17, 15) is 32.4 Å². The van der Waals surface area contributed by atoms with Crippen molar-refractivity contribution in [3.05, 3.63) is 59.9 Å². The molecule has 3 N–H and O–H groups in total. The van der Waals surface area contributed by atoms with Gasteiger partial charge in [-0.15, -0.1) is 0 Å². The normalized spacial score (nSPS) is 26.8. The molecule has 0 spiro atoms. The molecule has 4 heterocycles. The fraction of sp³-hybridized carbons (Fsp3) is 0.600. The highest BCUT2D eigenvalue weighted by molar-refractivity contribution is 7.91. The molecule has 0 radical (unpaired) electrons. The first kappa shape index (κ1) is 41.0. The Morgan fingerprint density at radius 3 is 2.59 bits per heavy atom. The summed E-state index contributed by atoms with van der Waals surface area (Å²) in [6, 6.07) is 5.22. The van der Waals surface area contributed by atoms with Gasteiger partial charge < -0.3 is 29.7 Å². The van der Waals surface area contributed by atoms with Crippen LogP contribution < -0.4 is 20.1 Å². The zero-order chi connectivity index (χ0) is 41.2. The number of aromatic nitrogens is 2. The van der Waals surface area contributed by atoms with Crippen LogP contribution in [0.2, 0.25) is 0 Å². The summed E-state index contributed by atoms with van der Waals surface area (Å²) in [5.41, 5.74) is -0.543. The molecule has 17 nitrogen and oxygen atoms in total. The monoisotopic (exact) mass is 823 g/mol. The van der Waals surface area contributed by atoms with Crippen molar-refractivity contribution >= 4 is 39.9 Å². The Balaban J connectivity index is 1.07. The Hall–Kier alpha value is -5.13. The Morgan fingerprint density at radius 1 is 1.05 bits per heavy atom. The van der Waals surface area contributed by atoms with Gasteiger partial charge in [0.05, 0.1) is 18.3 Å². The minimum absolute atomic E-state index is 0.0872. The van der Waals surface area contributed by atoms with Crippen LogP contribution in [0.5, 0.6) is 5.75 Å². The van der Waals surface area contributed by atoms with Crippen molar-refractivity contribution in [2.24, 2.45) is 5.92 Å². The predicted molar refractivity (Wildman–Crippen MR) is 208 cm³/mol. The van der Waals surface area contributed by atoms with Crippen molar-refractivity contribution in [2.45, 2.75) is 133 Å². The topological polar surface area (TPSA) is 208 Å². The van der Waals surface area contributed by atoms with Gasteiger partial charge in [-0.1, -0.05) is 31.1 Å². The average Bonchev–Trinajstić information content (AvgIpc) is 3.94. The van der Waals surface area contributed by atoms with Crippen LogP contribution in [-0.2, 0) is 53.5 Å². The van der Waals surface area contributed by atoms with E-state index in [0.717, 1.165) is 24.0 Å². The number of nitrogens with one attached hydrogen (secondary N) is 3. The number of hydrogen-bond donors (Lipinski definition) is 3. The molecule has 0 bridgehead atoms. The van der Waals surface area contributed by atoms with Crippen LogP contribution in [0.1, 0.15) is 89.7 Å². The Kier molecular flexibility index (Phi) is 11.8. The first-order valence-electron chi connectivity index (χ1n) is 20.1. The summed E-state index contributed by atoms with van der Waals surface area (Å²) in [6.07, 6.45) is 9.01. The number of allylic oxidation sites excluding steroid dienone is 1. The van der Waals surface area contributed by atoms with Crippen LogP contribution in [0.25, 0.3) is 0 Å². The van der Waals surface area contributed by atoms with Gasteiger partial charge in [0.25, 0.3) is 5.91 Å². The van der Waals surface area contributed by atoms with Crippen LogP contribution >= 0.6 is 0 Å². The van der Waals surface area contributed by atoms with E-state index in [1.165, 1.54) is 9.80 Å². The molecule has 2 saturated carbocycles. The van der Waals surface area contributed by atoms with Crippen LogP contribution in [-0.4, -0.2) is 106 Å². The highest BCUT2D eigenvalue weighted by Gasteiger charge is 2.62. The van der Waals surface area contributed by atoms with Gasteiger partial charge in [0.2, 0.25) is 21.8 Å². The maximum Gasteiger partial charge on any atom is 0.410 e. The smallest absolute Gasteiger partial charge is 0.410 e. The van der Waals surface area contributed by atoms with E-state index >= 15 is 0 Å². The van der Waals surface area contributed by atoms with Crippen LogP contribution in [0.4, 0.5) is 9.59 Å². The second kappa shape index (κ2) is 16.6. The number of nitrogens with zero attached hydrogens (tertiary/aromatic N) is 4. The van der Waals surface area contributed by atoms with Gasteiger partial charge in [0, 0.05) is 37.8 Å². The second-order valence-corrected chi connectivity index (χ2v) is 18.8. The summed E-state index contributed by atoms with van der Waals surface area (Å²) in [6.45, 7) is 6.52. The quantitative estimate of drug-likeness (QED) is 0.313. The van der Waals surface area contributed by atoms with Gasteiger partial charge in [-0.25, -0.2) is 18.0 Å². The Bertz CT molecular complexity index is 2030. The minimum atomic E-state index is -3.92. The first-order valence-corrected chi connectivity index (χ1v) is 21.7. The van der Waals surface area contributed by atoms with Crippen molar-refractivity contribution in [3.8, 4) is 5.75 Å². The van der Waals surface area contributed by atoms with E-state index in [1.807, 2.05) is 42.6 Å². The molecule has 5 aliphatic rings. The number of hydrogen-bond acceptors (Lipinski definition) is 11. The lowest BCUT2D eigenvalue weighted by atomic mass is 10.0. The zero-order valence-corrected chi connectivity index (χ0v) is 34.0. The molecule has 1 saturated heterocycles. The van der Waals surface area contributed by atoms with Crippen molar-refractivity contribution in [1.29, 1.82) is 0 Å². The lowest BCUT2D eigenvalue weighted by Gasteiger charge is -2.30. The average molecular weight is 824 g/mol. The summed E-state index contributed by atoms with van der Waals surface area (Å²) in [5, 5.41) is 9.06. The number of carbonyl (C=O) groups excluding carboxylic acids is 5. The van der Waals surface area contributed by atoms with Gasteiger partial charge in [0.15, 0.2) is 0 Å². The van der Waals surface area contributed by atoms with E-state index in [0.29, 0.717) is 51.1 Å². The molecule has 3 fully saturated rings. The third-order valence-corrected chi connectivity index (χ3v) is 12.9. The van der Waals surface area contributed by atoms with E-state index in [-0.39, 0.29) is 32.4 Å². The van der Waals surface area contributed by atoms with Crippen LogP contribution in [0.15, 0.2) is 48.8 Å². The van der Waals surface area contributed by atoms with Crippen molar-refractivity contribution in [2.75, 3.05) is 13.2 Å². The van der Waals surface area contributed by atoms with Gasteiger partial charge in [-0.3, -0.25) is 28.7 Å². The van der Waals surface area contributed by atoms with Crippen LogP contribution in [0.3, 0.4) is 0 Å². The molecule has 58 heavy (non-hydrogen) atoms. The Morgan fingerprint density at radius 2 is 1.84 bits per heavy atom. The minimum Gasteiger partial charge on any atom is -0.492 e. The molecule has 2 aromatic rings. The number of alkyl carbamates (subject to hydrolysis) is 1. The predicted octanol–water partition coefficient (Wildman–Crippen LogP) is 3.28. The fourth-order valence-corrected chi connectivity index (χ4v) is 9.16. The SMILES string of the molecule is CC(C)(C)OC(=O)N[C@H]1CCCCC/C=C\[C@@H]2C[C@@]2(C(=O)NS(=O)(=O)C2CC2)NC(=O)C2C[C@@H](OC(=O)N3Cc4ccc(OCCn5cccn5)cc4C3)CN2C1=O. The molecule has 5 atom stereocenters. The number of rotatable bonds is 9. The highest BCUT2D eigenvalue weighted by Crippen LogP contribution is 2.46. The molecule has 3 aliphatic heterocycles. The van der Waals surface area contributed by atoms with Gasteiger partial charge in [-0.2, -0.15) is 5.10 Å². The van der Waals surface area contributed by atoms with E-state index < -0.39 is 80.4 Å². The molecule has 1 aromatic heterocycles. The first-order chi connectivity index (χ1) is 27.6. The van der Waals surface area contributed by atoms with E-state index in [4.69, 9.17) is 14.2 Å². The summed E-state index contributed by atoms with van der Waals surface area (Å²) in [5.74, 6) is -1.88. The molecule has 1 unspecified atom stereocenters. The molecule has 314 valence electrons. The largest absolute Gasteiger partial charge is 0.492 e. The van der Waals surface area contributed by atoms with E-state index in [1.54, 1.807) is 31.6 Å². The number of fused-ring (bicyclic) bond motifs is 3. The molecule has 7 rings (SSSR count). The van der Waals surface area contributed by atoms with Gasteiger partial charge in [-0.05, 0) is 88.6 Å². The number of carbonyl (C=O) groups is 5. The summed E-state index contributed by atoms with van der Waals surface area (Å²) in [4.78, 5) is 71.9. The van der Waals surface area contributed by atoms with Gasteiger partial charge >= 0.3 is 12.2 Å². The maximum atomic E-state index is 14.4. The molecular weight excluding hydrogens is 771 g/mol. The summed E-state index contributed by atoms with van der Waals surface area (Å²) < 4.78 is 47.0. The lowest BCUT2D eigenvalue weighted by Crippen LogP contribution is -2.58. The van der Waals surface area contributed by atoms with Crippen LogP contribution in [0, 0.1) is 5.92 Å². The lowest BCUT2D eigenvalue weighted by molar-refractivity contribution is -0.141. The molecule has 1 aromatic carbocycles. The third kappa shape index (κ3) is 9.76. The van der Waals surface area contributed by atoms with Crippen molar-refractivity contribution in [3.63, 3.8) is 0 Å². The van der Waals surface area contributed by atoms with Crippen molar-refractivity contribution in [1.82, 2.24) is 34.9 Å². The maximum absolute atomic E-state index is 14.4. The molecule has 5 amide bonds. The number of sulfonamides is 1. The van der Waals surface area contributed by atoms with Gasteiger partial charge in [0.1, 0.15) is 41.7 Å². The fourth-order valence-electron chi connectivity index (χ4n) is 7.79. The number of ether oxygens (including phenoxy) is 3. The summed E-state index contributed by atoms with van der Waals surface area (Å²) in [7, 11) is -3.92.